The van der Waals surface area contributed by atoms with Gasteiger partial charge in [-0.05, 0) is 49.4 Å². The summed E-state index contributed by atoms with van der Waals surface area (Å²) < 4.78 is 0. The number of halogens is 1. The number of hydrogen-bond donors (Lipinski definition) is 1. The Kier molecular flexibility index (Phi) is 4.06. The van der Waals surface area contributed by atoms with Crippen LogP contribution >= 0.6 is 11.6 Å². The van der Waals surface area contributed by atoms with Crippen molar-refractivity contribution in [2.45, 2.75) is 38.0 Å². The van der Waals surface area contributed by atoms with Gasteiger partial charge in [0.1, 0.15) is 12.0 Å². The van der Waals surface area contributed by atoms with Crippen molar-refractivity contribution >= 4 is 23.1 Å². The summed E-state index contributed by atoms with van der Waals surface area (Å²) in [7, 11) is 2.00. The maximum atomic E-state index is 10.9. The number of anilines is 2. The van der Waals surface area contributed by atoms with Crippen LogP contribution in [0.15, 0.2) is 30.3 Å². The number of benzene rings is 1. The minimum Gasteiger partial charge on any atom is -0.371 e. The fourth-order valence-corrected chi connectivity index (χ4v) is 4.07. The number of fused-ring (bicyclic) bond motifs is 1. The third-order valence-electron chi connectivity index (χ3n) is 5.13. The Morgan fingerprint density at radius 2 is 2.00 bits per heavy atom. The van der Waals surface area contributed by atoms with Crippen LogP contribution in [0.25, 0.3) is 0 Å². The van der Waals surface area contributed by atoms with Crippen LogP contribution in [0.4, 0.5) is 11.5 Å². The third kappa shape index (κ3) is 2.62. The van der Waals surface area contributed by atoms with E-state index in [-0.39, 0.29) is 6.04 Å². The zero-order chi connectivity index (χ0) is 16.7. The highest BCUT2D eigenvalue weighted by molar-refractivity contribution is 6.28. The van der Waals surface area contributed by atoms with E-state index in [0.717, 1.165) is 49.4 Å². The van der Waals surface area contributed by atoms with Gasteiger partial charge in [0.25, 0.3) is 0 Å². The number of nitrogens with zero attached hydrogens (tertiary/aromatic N) is 4. The number of para-hydroxylation sites is 1. The molecule has 24 heavy (non-hydrogen) atoms. The lowest BCUT2D eigenvalue weighted by Crippen LogP contribution is -2.44. The van der Waals surface area contributed by atoms with Crippen LogP contribution < -0.4 is 9.80 Å². The summed E-state index contributed by atoms with van der Waals surface area (Å²) in [6.45, 7) is 0.821. The van der Waals surface area contributed by atoms with Crippen LogP contribution in [0.3, 0.4) is 0 Å². The van der Waals surface area contributed by atoms with Crippen LogP contribution in [0.1, 0.15) is 24.1 Å². The minimum absolute atomic E-state index is 0.0131. The molecule has 5 nitrogen and oxygen atoms in total. The lowest BCUT2D eigenvalue weighted by Gasteiger charge is -2.32. The van der Waals surface area contributed by atoms with E-state index in [9.17, 15) is 5.11 Å². The van der Waals surface area contributed by atoms with Crippen LogP contribution in [-0.4, -0.2) is 40.9 Å². The third-order valence-corrected chi connectivity index (χ3v) is 5.30. The summed E-state index contributed by atoms with van der Waals surface area (Å²) in [5.41, 5.74) is 3.29. The van der Waals surface area contributed by atoms with E-state index in [1.54, 1.807) is 0 Å². The maximum Gasteiger partial charge on any atom is 0.224 e. The van der Waals surface area contributed by atoms with Gasteiger partial charge in [-0.25, -0.2) is 9.97 Å². The largest absolute Gasteiger partial charge is 0.371 e. The predicted octanol–water partition coefficient (Wildman–Crippen LogP) is 2.65. The zero-order valence-corrected chi connectivity index (χ0v) is 14.4. The number of likely N-dealkylation sites (N-methyl/N-ethyl adjacent to an activating group) is 1. The van der Waals surface area contributed by atoms with Crippen molar-refractivity contribution < 1.29 is 5.11 Å². The molecule has 1 aliphatic heterocycles. The van der Waals surface area contributed by atoms with Gasteiger partial charge < -0.3 is 14.9 Å². The average Bonchev–Trinajstić information content (AvgIpc) is 3.20. The predicted molar refractivity (Wildman–Crippen MR) is 95.7 cm³/mol. The first-order valence-electron chi connectivity index (χ1n) is 8.43. The fraction of sp³-hybridized carbons (Fsp3) is 0.444. The smallest absolute Gasteiger partial charge is 0.224 e. The van der Waals surface area contributed by atoms with Crippen molar-refractivity contribution in [2.24, 2.45) is 0 Å². The van der Waals surface area contributed by atoms with E-state index in [4.69, 9.17) is 11.6 Å². The van der Waals surface area contributed by atoms with Crippen molar-refractivity contribution in [2.75, 3.05) is 23.4 Å². The molecule has 6 heteroatoms. The second-order valence-corrected chi connectivity index (χ2v) is 6.84. The van der Waals surface area contributed by atoms with Crippen LogP contribution in [0.2, 0.25) is 5.28 Å². The topological polar surface area (TPSA) is 52.5 Å². The monoisotopic (exact) mass is 344 g/mol. The van der Waals surface area contributed by atoms with E-state index >= 15 is 0 Å². The second-order valence-electron chi connectivity index (χ2n) is 6.50. The van der Waals surface area contributed by atoms with E-state index in [2.05, 4.69) is 14.9 Å². The highest BCUT2D eigenvalue weighted by Crippen LogP contribution is 2.34. The molecule has 126 valence electrons. The number of hydrogen-bond acceptors (Lipinski definition) is 5. The summed E-state index contributed by atoms with van der Waals surface area (Å²) in [6, 6.07) is 10.0. The Labute approximate surface area is 146 Å². The van der Waals surface area contributed by atoms with E-state index in [1.807, 2.05) is 42.3 Å². The SMILES string of the molecule is CN(c1nc(Cl)nc2c1CCC2)[C@@H]1CCN(c2ccccc2)C1O. The molecule has 1 aromatic carbocycles. The van der Waals surface area contributed by atoms with Gasteiger partial charge in [-0.3, -0.25) is 0 Å². The normalized spacial score (nSPS) is 22.7. The van der Waals surface area contributed by atoms with Gasteiger partial charge in [-0.15, -0.1) is 0 Å². The van der Waals surface area contributed by atoms with Crippen molar-refractivity contribution in [3.8, 4) is 0 Å². The number of aromatic nitrogens is 2. The van der Waals surface area contributed by atoms with E-state index in [0.29, 0.717) is 5.28 Å². The van der Waals surface area contributed by atoms with Crippen molar-refractivity contribution in [3.63, 3.8) is 0 Å². The molecule has 0 amide bonds. The van der Waals surface area contributed by atoms with Crippen LogP contribution in [0.5, 0.6) is 0 Å². The summed E-state index contributed by atoms with van der Waals surface area (Å²) in [5.74, 6) is 0.876. The van der Waals surface area contributed by atoms with Crippen LogP contribution in [0, 0.1) is 0 Å². The molecule has 0 saturated carbocycles. The Morgan fingerprint density at radius 3 is 2.79 bits per heavy atom. The van der Waals surface area contributed by atoms with E-state index in [1.165, 1.54) is 5.56 Å². The molecule has 4 rings (SSSR count). The van der Waals surface area contributed by atoms with Gasteiger partial charge in [0.15, 0.2) is 0 Å². The van der Waals surface area contributed by atoms with Gasteiger partial charge in [-0.1, -0.05) is 18.2 Å². The molecule has 0 spiro atoms. The fourth-order valence-electron chi connectivity index (χ4n) is 3.89. The Hall–Kier alpha value is -1.85. The number of aryl methyl sites for hydroxylation is 1. The molecule has 1 aliphatic carbocycles. The van der Waals surface area contributed by atoms with Crippen molar-refractivity contribution in [3.05, 3.63) is 46.9 Å². The zero-order valence-electron chi connectivity index (χ0n) is 13.7. The van der Waals surface area contributed by atoms with Gasteiger partial charge >= 0.3 is 0 Å². The first-order chi connectivity index (χ1) is 11.6. The molecule has 2 heterocycles. The molecule has 1 fully saturated rings. The number of aliphatic hydroxyl groups excluding tert-OH is 1. The maximum absolute atomic E-state index is 10.9. The van der Waals surface area contributed by atoms with Gasteiger partial charge in [-0.2, -0.15) is 0 Å². The standard InChI is InChI=1S/C18H21ClN4O/c1-22(16-13-8-5-9-14(13)20-18(19)21-16)15-10-11-23(17(15)24)12-6-3-2-4-7-12/h2-4,6-7,15,17,24H,5,8-11H2,1H3/t15-,17?/m1/s1. The highest BCUT2D eigenvalue weighted by atomic mass is 35.5. The first kappa shape index (κ1) is 15.7. The summed E-state index contributed by atoms with van der Waals surface area (Å²) in [5, 5.41) is 11.2. The molecule has 2 aromatic rings. The molecule has 1 saturated heterocycles. The quantitative estimate of drug-likeness (QED) is 0.867. The lowest BCUT2D eigenvalue weighted by molar-refractivity contribution is 0.165. The van der Waals surface area contributed by atoms with Gasteiger partial charge in [0.2, 0.25) is 5.28 Å². The molecule has 0 radical (unpaired) electrons. The Bertz CT molecular complexity index is 739. The van der Waals surface area contributed by atoms with Crippen LogP contribution in [-0.2, 0) is 12.8 Å². The number of rotatable bonds is 3. The van der Waals surface area contributed by atoms with Gasteiger partial charge in [0, 0.05) is 24.8 Å². The first-order valence-corrected chi connectivity index (χ1v) is 8.81. The lowest BCUT2D eigenvalue weighted by atomic mass is 10.1. The molecule has 0 bridgehead atoms. The van der Waals surface area contributed by atoms with Gasteiger partial charge in [0.05, 0.1) is 11.7 Å². The minimum atomic E-state index is -0.566. The second kappa shape index (κ2) is 6.22. The molecular weight excluding hydrogens is 324 g/mol. The van der Waals surface area contributed by atoms with E-state index < -0.39 is 6.23 Å². The van der Waals surface area contributed by atoms with Crippen molar-refractivity contribution in [1.82, 2.24) is 9.97 Å². The molecular formula is C18H21ClN4O. The Morgan fingerprint density at radius 1 is 1.21 bits per heavy atom. The summed E-state index contributed by atoms with van der Waals surface area (Å²) in [6.07, 6.45) is 3.35. The molecule has 2 aliphatic rings. The molecule has 1 aromatic heterocycles. The highest BCUT2D eigenvalue weighted by Gasteiger charge is 2.37. The number of aliphatic hydroxyl groups is 1. The van der Waals surface area contributed by atoms with Crippen molar-refractivity contribution in [1.29, 1.82) is 0 Å². The average molecular weight is 345 g/mol. The molecule has 1 unspecified atom stereocenters. The Balaban J connectivity index is 1.61. The summed E-state index contributed by atoms with van der Waals surface area (Å²) >= 11 is 6.12. The summed E-state index contributed by atoms with van der Waals surface area (Å²) in [4.78, 5) is 13.0. The molecule has 1 N–H and O–H groups in total. The molecule has 2 atom stereocenters.